The first-order valence-electron chi connectivity index (χ1n) is 9.40. The quantitative estimate of drug-likeness (QED) is 0.508. The minimum absolute atomic E-state index is 0.00243. The molecule has 0 atom stereocenters. The Kier molecular flexibility index (Phi) is 5.28. The number of halogens is 2. The van der Waals surface area contributed by atoms with Crippen LogP contribution in [0.4, 0.5) is 20.5 Å². The number of likely N-dealkylation sites (N-methyl/N-ethyl adjacent to an activating group) is 1. The molecule has 0 saturated heterocycles. The third kappa shape index (κ3) is 3.67. The molecule has 2 aromatic carbocycles. The Morgan fingerprint density at radius 2 is 1.80 bits per heavy atom. The average Bonchev–Trinajstić information content (AvgIpc) is 3.06. The highest BCUT2D eigenvalue weighted by atomic mass is 19.2. The van der Waals surface area contributed by atoms with E-state index in [1.54, 1.807) is 0 Å². The van der Waals surface area contributed by atoms with Crippen LogP contribution in [0.3, 0.4) is 0 Å². The maximum atomic E-state index is 14.6. The van der Waals surface area contributed by atoms with Crippen LogP contribution in [0.1, 0.15) is 0 Å². The van der Waals surface area contributed by atoms with Crippen molar-refractivity contribution in [3.8, 4) is 16.9 Å². The van der Waals surface area contributed by atoms with Gasteiger partial charge in [0.25, 0.3) is 0 Å². The van der Waals surface area contributed by atoms with Crippen molar-refractivity contribution in [2.75, 3.05) is 38.2 Å². The first-order chi connectivity index (χ1) is 14.5. The van der Waals surface area contributed by atoms with Crippen LogP contribution in [0.25, 0.3) is 28.0 Å². The summed E-state index contributed by atoms with van der Waals surface area (Å²) < 4.78 is 30.1. The van der Waals surface area contributed by atoms with Crippen LogP contribution in [0.15, 0.2) is 48.5 Å². The summed E-state index contributed by atoms with van der Waals surface area (Å²) in [7, 11) is 3.89. The molecule has 154 valence electrons. The third-order valence-electron chi connectivity index (χ3n) is 4.62. The number of rotatable bonds is 6. The van der Waals surface area contributed by atoms with Gasteiger partial charge in [0.2, 0.25) is 5.95 Å². The highest BCUT2D eigenvalue weighted by Gasteiger charge is 2.22. The number of aromatic nitrogens is 4. The largest absolute Gasteiger partial charge is 0.383 e. The molecule has 0 spiro atoms. The molecule has 4 aromatic rings. The molecule has 0 aliphatic carbocycles. The fourth-order valence-corrected chi connectivity index (χ4v) is 3.13. The zero-order valence-corrected chi connectivity index (χ0v) is 16.6. The van der Waals surface area contributed by atoms with E-state index in [2.05, 4.69) is 20.4 Å². The van der Waals surface area contributed by atoms with Crippen LogP contribution in [0.5, 0.6) is 0 Å². The van der Waals surface area contributed by atoms with Crippen LogP contribution < -0.4 is 11.1 Å². The summed E-state index contributed by atoms with van der Waals surface area (Å²) in [6, 6.07) is 13.2. The molecule has 0 saturated carbocycles. The van der Waals surface area contributed by atoms with Gasteiger partial charge in [-0.1, -0.05) is 24.3 Å². The molecule has 30 heavy (non-hydrogen) atoms. The lowest BCUT2D eigenvalue weighted by Crippen LogP contribution is -2.21. The second-order valence-electron chi connectivity index (χ2n) is 7.06. The number of nitrogen functional groups attached to an aromatic ring is 1. The maximum absolute atomic E-state index is 14.6. The van der Waals surface area contributed by atoms with E-state index >= 15 is 0 Å². The van der Waals surface area contributed by atoms with Gasteiger partial charge >= 0.3 is 0 Å². The summed E-state index contributed by atoms with van der Waals surface area (Å²) in [5.41, 5.74) is 7.56. The van der Waals surface area contributed by atoms with Gasteiger partial charge in [-0.3, -0.25) is 0 Å². The van der Waals surface area contributed by atoms with Crippen molar-refractivity contribution in [2.45, 2.75) is 0 Å². The molecule has 2 aromatic heterocycles. The molecule has 0 bridgehead atoms. The molecule has 0 fully saturated rings. The third-order valence-corrected chi connectivity index (χ3v) is 4.62. The number of nitrogens with two attached hydrogens (primary N) is 1. The summed E-state index contributed by atoms with van der Waals surface area (Å²) in [4.78, 5) is 10.9. The number of anilines is 2. The van der Waals surface area contributed by atoms with E-state index in [-0.39, 0.29) is 28.7 Å². The van der Waals surface area contributed by atoms with Gasteiger partial charge in [-0.15, -0.1) is 5.10 Å². The van der Waals surface area contributed by atoms with Gasteiger partial charge in [0.1, 0.15) is 5.82 Å². The Labute approximate surface area is 172 Å². The number of hydrogen-bond donors (Lipinski definition) is 2. The van der Waals surface area contributed by atoms with Gasteiger partial charge in [0.15, 0.2) is 17.3 Å². The highest BCUT2D eigenvalue weighted by Crippen LogP contribution is 2.34. The average molecular weight is 409 g/mol. The molecular weight excluding hydrogens is 388 g/mol. The van der Waals surface area contributed by atoms with Crippen molar-refractivity contribution < 1.29 is 8.78 Å². The molecule has 9 heteroatoms. The second-order valence-corrected chi connectivity index (χ2v) is 7.06. The highest BCUT2D eigenvalue weighted by molar-refractivity contribution is 5.99. The van der Waals surface area contributed by atoms with E-state index in [1.807, 2.05) is 49.3 Å². The molecule has 2 heterocycles. The molecule has 0 aliphatic rings. The molecule has 0 aliphatic heterocycles. The van der Waals surface area contributed by atoms with E-state index in [0.717, 1.165) is 18.3 Å². The number of nitrogens with zero attached hydrogens (tertiary/aromatic N) is 5. The number of nitrogens with one attached hydrogen (secondary N) is 1. The minimum atomic E-state index is -0.997. The van der Waals surface area contributed by atoms with Crippen molar-refractivity contribution in [1.82, 2.24) is 24.6 Å². The molecule has 0 amide bonds. The van der Waals surface area contributed by atoms with Gasteiger partial charge in [0.05, 0.1) is 16.8 Å². The minimum Gasteiger partial charge on any atom is -0.383 e. The topological polar surface area (TPSA) is 84.9 Å². The fourth-order valence-electron chi connectivity index (χ4n) is 3.13. The van der Waals surface area contributed by atoms with Crippen molar-refractivity contribution in [3.05, 3.63) is 60.2 Å². The first-order valence-corrected chi connectivity index (χ1v) is 9.40. The standard InChI is InChI=1S/C21H21F2N7/c1-29(2)12-11-25-21-26-18(14-9-6-10-15(22)17(14)23)16-19(24)30(28-20(16)27-21)13-7-4-3-5-8-13/h3-10H,11-12,24H2,1-2H3,(H,25,27,28). The van der Waals surface area contributed by atoms with Crippen LogP contribution in [-0.4, -0.2) is 51.8 Å². The molecule has 4 rings (SSSR count). The maximum Gasteiger partial charge on any atom is 0.225 e. The summed E-state index contributed by atoms with van der Waals surface area (Å²) in [6.07, 6.45) is 0. The van der Waals surface area contributed by atoms with Crippen LogP contribution in [0.2, 0.25) is 0 Å². The zero-order valence-electron chi connectivity index (χ0n) is 16.6. The normalized spacial score (nSPS) is 11.4. The Morgan fingerprint density at radius 1 is 1.03 bits per heavy atom. The van der Waals surface area contributed by atoms with Crippen LogP contribution >= 0.6 is 0 Å². The Hall–Kier alpha value is -3.59. The number of para-hydroxylation sites is 1. The number of hydrogen-bond acceptors (Lipinski definition) is 6. The Morgan fingerprint density at radius 3 is 2.53 bits per heavy atom. The Bertz CT molecular complexity index is 1190. The zero-order chi connectivity index (χ0) is 21.3. The van der Waals surface area contributed by atoms with Crippen molar-refractivity contribution in [2.24, 2.45) is 0 Å². The van der Waals surface area contributed by atoms with E-state index < -0.39 is 11.6 Å². The van der Waals surface area contributed by atoms with Gasteiger partial charge in [-0.25, -0.2) is 18.4 Å². The smallest absolute Gasteiger partial charge is 0.225 e. The van der Waals surface area contributed by atoms with Gasteiger partial charge in [-0.2, -0.15) is 4.98 Å². The van der Waals surface area contributed by atoms with E-state index in [4.69, 9.17) is 5.73 Å². The first kappa shape index (κ1) is 19.7. The molecule has 0 unspecified atom stereocenters. The monoisotopic (exact) mass is 409 g/mol. The lowest BCUT2D eigenvalue weighted by atomic mass is 10.1. The van der Waals surface area contributed by atoms with Gasteiger partial charge in [-0.05, 0) is 38.4 Å². The number of fused-ring (bicyclic) bond motifs is 1. The SMILES string of the molecule is CN(C)CCNc1nc(-c2cccc(F)c2F)c2c(N)n(-c3ccccc3)nc2n1. The van der Waals surface area contributed by atoms with Crippen LogP contribution in [-0.2, 0) is 0 Å². The van der Waals surface area contributed by atoms with Crippen LogP contribution in [0, 0.1) is 11.6 Å². The van der Waals surface area contributed by atoms with E-state index in [9.17, 15) is 8.78 Å². The molecule has 0 radical (unpaired) electrons. The molecular formula is C21H21F2N7. The van der Waals surface area contributed by atoms with Crippen molar-refractivity contribution in [1.29, 1.82) is 0 Å². The van der Waals surface area contributed by atoms with Crippen molar-refractivity contribution >= 4 is 22.8 Å². The van der Waals surface area contributed by atoms with Gasteiger partial charge < -0.3 is 16.0 Å². The summed E-state index contributed by atoms with van der Waals surface area (Å²) in [5, 5.41) is 7.97. The number of benzene rings is 2. The predicted octanol–water partition coefficient (Wildman–Crippen LogP) is 3.32. The van der Waals surface area contributed by atoms with E-state index in [1.165, 1.54) is 16.8 Å². The summed E-state index contributed by atoms with van der Waals surface area (Å²) in [6.45, 7) is 1.31. The molecule has 7 nitrogen and oxygen atoms in total. The Balaban J connectivity index is 1.92. The molecule has 3 N–H and O–H groups in total. The summed E-state index contributed by atoms with van der Waals surface area (Å²) in [5.74, 6) is -1.45. The lowest BCUT2D eigenvalue weighted by Gasteiger charge is -2.12. The summed E-state index contributed by atoms with van der Waals surface area (Å²) >= 11 is 0. The second kappa shape index (κ2) is 8.03. The van der Waals surface area contributed by atoms with E-state index in [0.29, 0.717) is 11.9 Å². The fraction of sp³-hybridized carbons (Fsp3) is 0.190. The van der Waals surface area contributed by atoms with Gasteiger partial charge in [0, 0.05) is 18.7 Å². The predicted molar refractivity (Wildman–Crippen MR) is 113 cm³/mol. The van der Waals surface area contributed by atoms with Crippen molar-refractivity contribution in [3.63, 3.8) is 0 Å². The lowest BCUT2D eigenvalue weighted by molar-refractivity contribution is 0.425.